The van der Waals surface area contributed by atoms with Crippen molar-refractivity contribution < 1.29 is 13.9 Å². The minimum Gasteiger partial charge on any atom is -0.469 e. The van der Waals surface area contributed by atoms with Gasteiger partial charge >= 0.3 is 5.97 Å². The van der Waals surface area contributed by atoms with Crippen LogP contribution in [0.25, 0.3) is 0 Å². The van der Waals surface area contributed by atoms with E-state index in [1.54, 1.807) is 12.1 Å². The maximum atomic E-state index is 13.9. The van der Waals surface area contributed by atoms with Gasteiger partial charge in [0, 0.05) is 13.1 Å². The van der Waals surface area contributed by atoms with Crippen LogP contribution in [0.4, 0.5) is 10.1 Å². The molecule has 0 aromatic heterocycles. The number of rotatable bonds is 2. The molecule has 1 atom stereocenters. The molecule has 4 nitrogen and oxygen atoms in total. The Hall–Kier alpha value is -2.09. The van der Waals surface area contributed by atoms with Crippen LogP contribution in [0.2, 0.25) is 0 Å². The Balaban J connectivity index is 2.18. The summed E-state index contributed by atoms with van der Waals surface area (Å²) < 4.78 is 18.7. The first kappa shape index (κ1) is 13.3. The van der Waals surface area contributed by atoms with Crippen LogP contribution in [-0.2, 0) is 9.53 Å². The molecule has 0 aliphatic carbocycles. The number of ether oxygens (including phenoxy) is 1. The van der Waals surface area contributed by atoms with Crippen molar-refractivity contribution >= 4 is 11.7 Å². The number of anilines is 1. The SMILES string of the molecule is COC(=O)[C@H]1CCCN(c2ccc(C#N)cc2F)C1. The third-order valence-electron chi connectivity index (χ3n) is 3.37. The second-order valence-electron chi connectivity index (χ2n) is 4.59. The van der Waals surface area contributed by atoms with Crippen molar-refractivity contribution in [1.29, 1.82) is 5.26 Å². The number of carbonyl (C=O) groups is 1. The van der Waals surface area contributed by atoms with E-state index in [0.29, 0.717) is 24.3 Å². The minimum absolute atomic E-state index is 0.214. The Kier molecular flexibility index (Phi) is 4.00. The van der Waals surface area contributed by atoms with E-state index in [0.717, 1.165) is 12.8 Å². The van der Waals surface area contributed by atoms with Crippen molar-refractivity contribution in [2.45, 2.75) is 12.8 Å². The second-order valence-corrected chi connectivity index (χ2v) is 4.59. The number of piperidine rings is 1. The van der Waals surface area contributed by atoms with E-state index in [2.05, 4.69) is 0 Å². The van der Waals surface area contributed by atoms with Crippen LogP contribution in [0, 0.1) is 23.1 Å². The van der Waals surface area contributed by atoms with Crippen molar-refractivity contribution in [2.75, 3.05) is 25.1 Å². The first-order chi connectivity index (χ1) is 9.15. The number of hydrogen-bond donors (Lipinski definition) is 0. The fraction of sp³-hybridized carbons (Fsp3) is 0.429. The zero-order valence-corrected chi connectivity index (χ0v) is 10.7. The number of esters is 1. The van der Waals surface area contributed by atoms with Crippen molar-refractivity contribution in [1.82, 2.24) is 0 Å². The number of benzene rings is 1. The molecule has 1 fully saturated rings. The molecule has 0 unspecified atom stereocenters. The van der Waals surface area contributed by atoms with Crippen LogP contribution in [-0.4, -0.2) is 26.2 Å². The third kappa shape index (κ3) is 2.84. The molecule has 1 saturated heterocycles. The molecular weight excluding hydrogens is 247 g/mol. The Labute approximate surface area is 111 Å². The van der Waals surface area contributed by atoms with Crippen molar-refractivity contribution in [3.05, 3.63) is 29.6 Å². The summed E-state index contributed by atoms with van der Waals surface area (Å²) >= 11 is 0. The lowest BCUT2D eigenvalue weighted by Gasteiger charge is -2.33. The maximum absolute atomic E-state index is 13.9. The van der Waals surface area contributed by atoms with E-state index in [4.69, 9.17) is 10.00 Å². The Morgan fingerprint density at radius 3 is 3.00 bits per heavy atom. The van der Waals surface area contributed by atoms with E-state index >= 15 is 0 Å². The quantitative estimate of drug-likeness (QED) is 0.766. The second kappa shape index (κ2) is 5.70. The fourth-order valence-corrected chi connectivity index (χ4v) is 2.39. The largest absolute Gasteiger partial charge is 0.469 e. The van der Waals surface area contributed by atoms with Gasteiger partial charge < -0.3 is 9.64 Å². The van der Waals surface area contributed by atoms with Gasteiger partial charge in [-0.2, -0.15) is 5.26 Å². The summed E-state index contributed by atoms with van der Waals surface area (Å²) in [6.07, 6.45) is 1.58. The van der Waals surface area contributed by atoms with Gasteiger partial charge in [-0.1, -0.05) is 0 Å². The summed E-state index contributed by atoms with van der Waals surface area (Å²) in [6.45, 7) is 1.16. The molecule has 1 aromatic rings. The average molecular weight is 262 g/mol. The number of methoxy groups -OCH3 is 1. The summed E-state index contributed by atoms with van der Waals surface area (Å²) in [6, 6.07) is 6.30. The van der Waals surface area contributed by atoms with E-state index in [-0.39, 0.29) is 11.9 Å². The van der Waals surface area contributed by atoms with Crippen LogP contribution in [0.15, 0.2) is 18.2 Å². The first-order valence-corrected chi connectivity index (χ1v) is 6.18. The monoisotopic (exact) mass is 262 g/mol. The first-order valence-electron chi connectivity index (χ1n) is 6.18. The number of halogens is 1. The highest BCUT2D eigenvalue weighted by molar-refractivity contribution is 5.73. The van der Waals surface area contributed by atoms with E-state index in [1.165, 1.54) is 13.2 Å². The molecule has 1 heterocycles. The summed E-state index contributed by atoms with van der Waals surface area (Å²) in [5.74, 6) is -0.892. The highest BCUT2D eigenvalue weighted by Crippen LogP contribution is 2.26. The van der Waals surface area contributed by atoms with Gasteiger partial charge in [0.05, 0.1) is 30.3 Å². The molecule has 0 N–H and O–H groups in total. The molecule has 100 valence electrons. The van der Waals surface area contributed by atoms with Gasteiger partial charge in [-0.15, -0.1) is 0 Å². The van der Waals surface area contributed by atoms with Crippen molar-refractivity contribution in [3.63, 3.8) is 0 Å². The zero-order chi connectivity index (χ0) is 13.8. The molecular formula is C14H15FN2O2. The van der Waals surface area contributed by atoms with Crippen LogP contribution in [0.1, 0.15) is 18.4 Å². The summed E-state index contributed by atoms with van der Waals surface area (Å²) in [5, 5.41) is 8.72. The summed E-state index contributed by atoms with van der Waals surface area (Å²) in [7, 11) is 1.36. The lowest BCUT2D eigenvalue weighted by atomic mass is 9.97. The van der Waals surface area contributed by atoms with Crippen LogP contribution >= 0.6 is 0 Å². The molecule has 1 aliphatic rings. The maximum Gasteiger partial charge on any atom is 0.310 e. The number of nitriles is 1. The standard InChI is InChI=1S/C14H15FN2O2/c1-19-14(18)11-3-2-6-17(9-11)13-5-4-10(8-16)7-12(13)15/h4-5,7,11H,2-3,6,9H2,1H3/t11-/m0/s1. The van der Waals surface area contributed by atoms with Gasteiger partial charge in [0.25, 0.3) is 0 Å². The lowest BCUT2D eigenvalue weighted by molar-refractivity contribution is -0.145. The molecule has 1 aromatic carbocycles. The van der Waals surface area contributed by atoms with E-state index in [1.807, 2.05) is 11.0 Å². The normalized spacial score (nSPS) is 18.8. The highest BCUT2D eigenvalue weighted by Gasteiger charge is 2.27. The Morgan fingerprint density at radius 1 is 1.58 bits per heavy atom. The topological polar surface area (TPSA) is 53.3 Å². The summed E-state index contributed by atoms with van der Waals surface area (Å²) in [4.78, 5) is 13.4. The van der Waals surface area contributed by atoms with Gasteiger partial charge in [0.1, 0.15) is 5.82 Å². The Morgan fingerprint density at radius 2 is 2.37 bits per heavy atom. The minimum atomic E-state index is -0.426. The number of nitrogens with zero attached hydrogens (tertiary/aromatic N) is 2. The molecule has 1 aliphatic heterocycles. The van der Waals surface area contributed by atoms with Crippen molar-refractivity contribution in [3.8, 4) is 6.07 Å². The molecule has 0 radical (unpaired) electrons. The molecule has 19 heavy (non-hydrogen) atoms. The number of hydrogen-bond acceptors (Lipinski definition) is 4. The molecule has 0 saturated carbocycles. The lowest BCUT2D eigenvalue weighted by Crippen LogP contribution is -2.39. The predicted molar refractivity (Wildman–Crippen MR) is 68.1 cm³/mol. The molecule has 2 rings (SSSR count). The fourth-order valence-electron chi connectivity index (χ4n) is 2.39. The average Bonchev–Trinajstić information content (AvgIpc) is 2.46. The van der Waals surface area contributed by atoms with Gasteiger partial charge in [-0.3, -0.25) is 4.79 Å². The molecule has 0 bridgehead atoms. The number of carbonyl (C=O) groups excluding carboxylic acids is 1. The van der Waals surface area contributed by atoms with Crippen molar-refractivity contribution in [2.24, 2.45) is 5.92 Å². The zero-order valence-electron chi connectivity index (χ0n) is 10.7. The van der Waals surface area contributed by atoms with Gasteiger partial charge in [-0.05, 0) is 31.0 Å². The van der Waals surface area contributed by atoms with Crippen LogP contribution < -0.4 is 4.90 Å². The summed E-state index contributed by atoms with van der Waals surface area (Å²) in [5.41, 5.74) is 0.732. The van der Waals surface area contributed by atoms with E-state index in [9.17, 15) is 9.18 Å². The molecule has 5 heteroatoms. The van der Waals surface area contributed by atoms with Gasteiger partial charge in [0.2, 0.25) is 0 Å². The van der Waals surface area contributed by atoms with Crippen LogP contribution in [0.3, 0.4) is 0 Å². The van der Waals surface area contributed by atoms with Crippen LogP contribution in [0.5, 0.6) is 0 Å². The van der Waals surface area contributed by atoms with E-state index < -0.39 is 5.82 Å². The highest BCUT2D eigenvalue weighted by atomic mass is 19.1. The molecule has 0 spiro atoms. The Bertz CT molecular complexity index is 525. The van der Waals surface area contributed by atoms with Gasteiger partial charge in [-0.25, -0.2) is 4.39 Å². The predicted octanol–water partition coefficient (Wildman–Crippen LogP) is 2.09. The smallest absolute Gasteiger partial charge is 0.310 e. The van der Waals surface area contributed by atoms with Gasteiger partial charge in [0.15, 0.2) is 0 Å². The molecule has 0 amide bonds. The third-order valence-corrected chi connectivity index (χ3v) is 3.37.